The summed E-state index contributed by atoms with van der Waals surface area (Å²) in [7, 11) is 0. The van der Waals surface area contributed by atoms with E-state index in [1.54, 1.807) is 11.0 Å². The smallest absolute Gasteiger partial charge is 0.354 e. The van der Waals surface area contributed by atoms with Crippen LogP contribution in [0.15, 0.2) is 67.0 Å². The van der Waals surface area contributed by atoms with Crippen molar-refractivity contribution in [2.75, 3.05) is 10.2 Å². The van der Waals surface area contributed by atoms with Gasteiger partial charge in [-0.15, -0.1) is 0 Å². The average Bonchev–Trinajstić information content (AvgIpc) is 3.03. The van der Waals surface area contributed by atoms with E-state index in [2.05, 4.69) is 10.3 Å². The van der Waals surface area contributed by atoms with Crippen molar-refractivity contribution in [1.29, 1.82) is 0 Å². The summed E-state index contributed by atoms with van der Waals surface area (Å²) in [6.07, 6.45) is -0.572. The fourth-order valence-electron chi connectivity index (χ4n) is 3.55. The number of para-hydroxylation sites is 1. The van der Waals surface area contributed by atoms with Crippen molar-refractivity contribution in [3.05, 3.63) is 83.7 Å². The number of benzene rings is 2. The van der Waals surface area contributed by atoms with Gasteiger partial charge in [0.15, 0.2) is 0 Å². The summed E-state index contributed by atoms with van der Waals surface area (Å²) in [6, 6.07) is 14.2. The zero-order valence-electron chi connectivity index (χ0n) is 15.6. The normalized spacial score (nSPS) is 15.9. The Morgan fingerprint density at radius 1 is 1.07 bits per heavy atom. The number of carbonyl (C=O) groups excluding carboxylic acids is 1. The number of anilines is 3. The first-order valence-corrected chi connectivity index (χ1v) is 9.14. The molecule has 0 saturated carbocycles. The second kappa shape index (κ2) is 7.24. The quantitative estimate of drug-likeness (QED) is 0.641. The van der Waals surface area contributed by atoms with E-state index in [-0.39, 0.29) is 11.9 Å². The van der Waals surface area contributed by atoms with Crippen LogP contribution in [0.5, 0.6) is 0 Å². The van der Waals surface area contributed by atoms with Gasteiger partial charge in [-0.3, -0.25) is 9.78 Å². The average molecular weight is 397 g/mol. The van der Waals surface area contributed by atoms with Gasteiger partial charge in [-0.25, -0.2) is 0 Å². The molecule has 0 radical (unpaired) electrons. The van der Waals surface area contributed by atoms with Crippen LogP contribution in [0, 0.1) is 0 Å². The minimum Gasteiger partial charge on any atom is -0.354 e. The number of nitrogens with one attached hydrogen (secondary N) is 1. The number of nitrogens with zero attached hydrogens (tertiary/aromatic N) is 2. The zero-order valence-corrected chi connectivity index (χ0v) is 15.6. The number of hydrogen-bond acceptors (Lipinski definition) is 3. The molecule has 1 amide bonds. The number of carbonyl (C=O) groups is 1. The topological polar surface area (TPSA) is 45.2 Å². The minimum absolute atomic E-state index is 0.0337. The summed E-state index contributed by atoms with van der Waals surface area (Å²) in [5, 5.41) is 3.00. The number of fused-ring (bicyclic) bond motifs is 1. The van der Waals surface area contributed by atoms with Gasteiger partial charge in [0.2, 0.25) is 0 Å². The number of halogens is 3. The molecule has 1 atom stereocenters. The van der Waals surface area contributed by atoms with Gasteiger partial charge in [-0.05, 0) is 55.3 Å². The predicted molar refractivity (Wildman–Crippen MR) is 105 cm³/mol. The van der Waals surface area contributed by atoms with Crippen molar-refractivity contribution in [3.63, 3.8) is 0 Å². The highest BCUT2D eigenvalue weighted by molar-refractivity contribution is 6.08. The lowest BCUT2D eigenvalue weighted by Crippen LogP contribution is -2.35. The zero-order chi connectivity index (χ0) is 20.6. The molecule has 0 aliphatic carbocycles. The first-order chi connectivity index (χ1) is 13.8. The van der Waals surface area contributed by atoms with E-state index in [0.29, 0.717) is 16.9 Å². The van der Waals surface area contributed by atoms with Gasteiger partial charge in [-0.1, -0.05) is 18.2 Å². The Morgan fingerprint density at radius 2 is 1.79 bits per heavy atom. The van der Waals surface area contributed by atoms with Crippen molar-refractivity contribution < 1.29 is 18.0 Å². The highest BCUT2D eigenvalue weighted by Crippen LogP contribution is 2.33. The van der Waals surface area contributed by atoms with Crippen LogP contribution in [0.25, 0.3) is 0 Å². The molecule has 2 heterocycles. The molecular formula is C22H18F3N3O. The largest absolute Gasteiger partial charge is 0.416 e. The SMILES string of the molecule is CC1Cc2ccccc2N1C(=O)c1cncc(Nc2ccc(C(F)(F)F)cc2)c1. The second-order valence-electron chi connectivity index (χ2n) is 7.02. The Labute approximate surface area is 166 Å². The summed E-state index contributed by atoms with van der Waals surface area (Å²) in [5.41, 5.74) is 2.71. The maximum Gasteiger partial charge on any atom is 0.416 e. The summed E-state index contributed by atoms with van der Waals surface area (Å²) in [6.45, 7) is 2.00. The van der Waals surface area contributed by atoms with Gasteiger partial charge in [0, 0.05) is 23.6 Å². The molecule has 1 N–H and O–H groups in total. The Bertz CT molecular complexity index is 1050. The van der Waals surface area contributed by atoms with Crippen LogP contribution in [0.3, 0.4) is 0 Å². The molecule has 1 unspecified atom stereocenters. The van der Waals surface area contributed by atoms with Crippen molar-refractivity contribution in [3.8, 4) is 0 Å². The summed E-state index contributed by atoms with van der Waals surface area (Å²) < 4.78 is 38.1. The van der Waals surface area contributed by atoms with Crippen molar-refractivity contribution in [1.82, 2.24) is 4.98 Å². The maximum atomic E-state index is 13.1. The number of alkyl halides is 3. The van der Waals surface area contributed by atoms with E-state index in [9.17, 15) is 18.0 Å². The molecule has 3 aromatic rings. The standard InChI is InChI=1S/C22H18F3N3O/c1-14-10-15-4-2-3-5-20(15)28(14)21(29)16-11-19(13-26-12-16)27-18-8-6-17(7-9-18)22(23,24)25/h2-9,11-14,27H,10H2,1H3. The van der Waals surface area contributed by atoms with Crippen molar-refractivity contribution >= 4 is 23.0 Å². The third-order valence-corrected chi connectivity index (χ3v) is 4.91. The van der Waals surface area contributed by atoms with Crippen LogP contribution < -0.4 is 10.2 Å². The molecule has 1 aliphatic heterocycles. The maximum absolute atomic E-state index is 13.1. The number of rotatable bonds is 3. The molecule has 0 fully saturated rings. The fourth-order valence-corrected chi connectivity index (χ4v) is 3.55. The molecule has 4 nitrogen and oxygen atoms in total. The summed E-state index contributed by atoms with van der Waals surface area (Å²) >= 11 is 0. The highest BCUT2D eigenvalue weighted by Gasteiger charge is 2.32. The Hall–Kier alpha value is -3.35. The highest BCUT2D eigenvalue weighted by atomic mass is 19.4. The lowest BCUT2D eigenvalue weighted by Gasteiger charge is -2.23. The fraction of sp³-hybridized carbons (Fsp3) is 0.182. The van der Waals surface area contributed by atoms with E-state index in [4.69, 9.17) is 0 Å². The van der Waals surface area contributed by atoms with Crippen LogP contribution >= 0.6 is 0 Å². The monoisotopic (exact) mass is 397 g/mol. The first-order valence-electron chi connectivity index (χ1n) is 9.14. The van der Waals surface area contributed by atoms with E-state index in [0.717, 1.165) is 29.8 Å². The van der Waals surface area contributed by atoms with Gasteiger partial charge in [-0.2, -0.15) is 13.2 Å². The molecule has 1 aromatic heterocycles. The molecule has 2 aromatic carbocycles. The van der Waals surface area contributed by atoms with E-state index >= 15 is 0 Å². The lowest BCUT2D eigenvalue weighted by molar-refractivity contribution is -0.137. The van der Waals surface area contributed by atoms with Gasteiger partial charge in [0.05, 0.1) is 23.0 Å². The first kappa shape index (κ1) is 19.0. The molecule has 7 heteroatoms. The van der Waals surface area contributed by atoms with E-state index < -0.39 is 11.7 Å². The predicted octanol–water partition coefficient (Wildman–Crippen LogP) is 5.44. The molecule has 0 bridgehead atoms. The Balaban J connectivity index is 1.55. The van der Waals surface area contributed by atoms with E-state index in [1.165, 1.54) is 24.5 Å². The van der Waals surface area contributed by atoms with Crippen molar-refractivity contribution in [2.45, 2.75) is 25.6 Å². The van der Waals surface area contributed by atoms with Crippen LogP contribution in [0.2, 0.25) is 0 Å². The van der Waals surface area contributed by atoms with Crippen LogP contribution in [-0.4, -0.2) is 16.9 Å². The molecule has 1 aliphatic rings. The Morgan fingerprint density at radius 3 is 2.52 bits per heavy atom. The van der Waals surface area contributed by atoms with Gasteiger partial charge < -0.3 is 10.2 Å². The third kappa shape index (κ3) is 3.81. The van der Waals surface area contributed by atoms with Crippen LogP contribution in [-0.2, 0) is 12.6 Å². The number of aromatic nitrogens is 1. The number of hydrogen-bond donors (Lipinski definition) is 1. The summed E-state index contributed by atoms with van der Waals surface area (Å²) in [4.78, 5) is 19.0. The molecule has 148 valence electrons. The van der Waals surface area contributed by atoms with Gasteiger partial charge in [0.1, 0.15) is 0 Å². The van der Waals surface area contributed by atoms with Crippen molar-refractivity contribution in [2.24, 2.45) is 0 Å². The molecular weight excluding hydrogens is 379 g/mol. The lowest BCUT2D eigenvalue weighted by atomic mass is 10.1. The van der Waals surface area contributed by atoms with Gasteiger partial charge in [0.25, 0.3) is 5.91 Å². The van der Waals surface area contributed by atoms with Crippen LogP contribution in [0.1, 0.15) is 28.4 Å². The molecule has 0 spiro atoms. The number of amides is 1. The third-order valence-electron chi connectivity index (χ3n) is 4.91. The molecule has 4 rings (SSSR count). The van der Waals surface area contributed by atoms with Gasteiger partial charge >= 0.3 is 6.18 Å². The van der Waals surface area contributed by atoms with E-state index in [1.807, 2.05) is 31.2 Å². The number of pyridine rings is 1. The minimum atomic E-state index is -4.38. The molecule has 29 heavy (non-hydrogen) atoms. The Kier molecular flexibility index (Phi) is 4.74. The summed E-state index contributed by atoms with van der Waals surface area (Å²) in [5.74, 6) is -0.161. The van der Waals surface area contributed by atoms with Crippen LogP contribution in [0.4, 0.5) is 30.2 Å². The second-order valence-corrected chi connectivity index (χ2v) is 7.02. The molecule has 0 saturated heterocycles.